The van der Waals surface area contributed by atoms with Crippen molar-refractivity contribution < 1.29 is 9.53 Å². The van der Waals surface area contributed by atoms with Gasteiger partial charge in [-0.3, -0.25) is 9.48 Å². The summed E-state index contributed by atoms with van der Waals surface area (Å²) < 4.78 is 7.70. The topological polar surface area (TPSA) is 81.9 Å². The molecule has 27 heavy (non-hydrogen) atoms. The molecule has 0 atom stereocenters. The van der Waals surface area contributed by atoms with Gasteiger partial charge in [-0.25, -0.2) is 4.98 Å². The lowest BCUT2D eigenvalue weighted by Gasteiger charge is -2.09. The highest BCUT2D eigenvalue weighted by molar-refractivity contribution is 5.88. The van der Waals surface area contributed by atoms with Crippen LogP contribution in [0.3, 0.4) is 0 Å². The van der Waals surface area contributed by atoms with Gasteiger partial charge >= 0.3 is 0 Å². The molecule has 0 saturated heterocycles. The minimum Gasteiger partial charge on any atom is -0.438 e. The van der Waals surface area contributed by atoms with E-state index in [0.29, 0.717) is 28.8 Å². The number of fused-ring (bicyclic) bond motifs is 1. The van der Waals surface area contributed by atoms with Crippen LogP contribution in [0.4, 0.5) is 5.69 Å². The number of nitrogens with zero attached hydrogens (tertiary/aromatic N) is 4. The molecule has 2 aromatic carbocycles. The zero-order chi connectivity index (χ0) is 18.8. The third-order valence-corrected chi connectivity index (χ3v) is 3.98. The highest BCUT2D eigenvalue weighted by Crippen LogP contribution is 2.30. The zero-order valence-electron chi connectivity index (χ0n) is 14.9. The summed E-state index contributed by atoms with van der Waals surface area (Å²) >= 11 is 0. The Balaban J connectivity index is 1.73. The fourth-order valence-corrected chi connectivity index (χ4v) is 2.71. The Bertz CT molecular complexity index is 1100. The van der Waals surface area contributed by atoms with Gasteiger partial charge in [-0.15, -0.1) is 0 Å². The van der Waals surface area contributed by atoms with E-state index in [1.54, 1.807) is 35.1 Å². The molecule has 0 saturated carbocycles. The van der Waals surface area contributed by atoms with E-state index in [1.165, 1.54) is 6.92 Å². The molecule has 4 rings (SSSR count). The minimum absolute atomic E-state index is 0.121. The Hall–Kier alpha value is -3.74. The fourth-order valence-electron chi connectivity index (χ4n) is 2.71. The van der Waals surface area contributed by atoms with Crippen molar-refractivity contribution >= 4 is 22.6 Å². The summed E-state index contributed by atoms with van der Waals surface area (Å²) in [5.74, 6) is 1.48. The van der Waals surface area contributed by atoms with E-state index >= 15 is 0 Å². The summed E-state index contributed by atoms with van der Waals surface area (Å²) in [6, 6.07) is 16.8. The average molecular weight is 359 g/mol. The standard InChI is InChI=1S/C20H17N5O2/c1-13(26)22-15-8-10-16(11-9-15)27-20-17-12-21-25(2)19(17)23-18(24-20)14-6-4-3-5-7-14/h3-12H,1-2H3,(H,22,26). The lowest BCUT2D eigenvalue weighted by Crippen LogP contribution is -2.05. The molecular weight excluding hydrogens is 342 g/mol. The molecule has 1 N–H and O–H groups in total. The Labute approximate surface area is 155 Å². The third-order valence-electron chi connectivity index (χ3n) is 3.98. The van der Waals surface area contributed by atoms with Gasteiger partial charge in [-0.05, 0) is 24.3 Å². The highest BCUT2D eigenvalue weighted by Gasteiger charge is 2.14. The molecule has 2 aromatic heterocycles. The molecular formula is C20H17N5O2. The maximum Gasteiger partial charge on any atom is 0.234 e. The van der Waals surface area contributed by atoms with E-state index in [2.05, 4.69) is 20.4 Å². The van der Waals surface area contributed by atoms with Crippen molar-refractivity contribution in [3.05, 3.63) is 60.8 Å². The van der Waals surface area contributed by atoms with E-state index in [1.807, 2.05) is 37.4 Å². The number of hydrogen-bond donors (Lipinski definition) is 1. The van der Waals surface area contributed by atoms with Crippen LogP contribution in [0.2, 0.25) is 0 Å². The molecule has 1 amide bonds. The van der Waals surface area contributed by atoms with Crippen LogP contribution in [-0.4, -0.2) is 25.7 Å². The highest BCUT2D eigenvalue weighted by atomic mass is 16.5. The van der Waals surface area contributed by atoms with E-state index in [4.69, 9.17) is 4.74 Å². The first kappa shape index (κ1) is 16.7. The van der Waals surface area contributed by atoms with Crippen LogP contribution in [0, 0.1) is 0 Å². The number of nitrogens with one attached hydrogen (secondary N) is 1. The summed E-state index contributed by atoms with van der Waals surface area (Å²) in [5, 5.41) is 7.72. The van der Waals surface area contributed by atoms with Gasteiger partial charge in [0.25, 0.3) is 0 Å². The first-order chi connectivity index (χ1) is 13.1. The minimum atomic E-state index is -0.121. The molecule has 4 aromatic rings. The van der Waals surface area contributed by atoms with Gasteiger partial charge in [0.15, 0.2) is 11.5 Å². The molecule has 7 heteroatoms. The van der Waals surface area contributed by atoms with Gasteiger partial charge < -0.3 is 10.1 Å². The van der Waals surface area contributed by atoms with E-state index in [-0.39, 0.29) is 5.91 Å². The number of carbonyl (C=O) groups is 1. The predicted octanol–water partition coefficient (Wildman–Crippen LogP) is 3.78. The summed E-state index contributed by atoms with van der Waals surface area (Å²) in [4.78, 5) is 20.4. The monoisotopic (exact) mass is 359 g/mol. The molecule has 0 unspecified atom stereocenters. The van der Waals surface area contributed by atoms with Crippen LogP contribution < -0.4 is 10.1 Å². The number of hydrogen-bond acceptors (Lipinski definition) is 5. The SMILES string of the molecule is CC(=O)Nc1ccc(Oc2nc(-c3ccccc3)nc3c2cnn3C)cc1. The summed E-state index contributed by atoms with van der Waals surface area (Å²) in [6.45, 7) is 1.47. The summed E-state index contributed by atoms with van der Waals surface area (Å²) in [6.07, 6.45) is 1.69. The largest absolute Gasteiger partial charge is 0.438 e. The first-order valence-electron chi connectivity index (χ1n) is 8.41. The third kappa shape index (κ3) is 3.48. The van der Waals surface area contributed by atoms with Crippen LogP contribution in [0.5, 0.6) is 11.6 Å². The van der Waals surface area contributed by atoms with Crippen LogP contribution >= 0.6 is 0 Å². The fraction of sp³-hybridized carbons (Fsp3) is 0.100. The predicted molar refractivity (Wildman–Crippen MR) is 103 cm³/mol. The van der Waals surface area contributed by atoms with Crippen LogP contribution in [0.15, 0.2) is 60.8 Å². The number of carbonyl (C=O) groups excluding carboxylic acids is 1. The molecule has 0 aliphatic heterocycles. The van der Waals surface area contributed by atoms with E-state index < -0.39 is 0 Å². The molecule has 0 aliphatic rings. The van der Waals surface area contributed by atoms with Gasteiger partial charge in [0, 0.05) is 25.2 Å². The Morgan fingerprint density at radius 1 is 1.04 bits per heavy atom. The Morgan fingerprint density at radius 3 is 2.48 bits per heavy atom. The molecule has 134 valence electrons. The molecule has 0 radical (unpaired) electrons. The number of amides is 1. The van der Waals surface area contributed by atoms with Crippen molar-refractivity contribution in [1.82, 2.24) is 19.7 Å². The van der Waals surface area contributed by atoms with Gasteiger partial charge in [0.05, 0.1) is 6.20 Å². The maximum absolute atomic E-state index is 11.1. The Morgan fingerprint density at radius 2 is 1.78 bits per heavy atom. The van der Waals surface area contributed by atoms with Crippen molar-refractivity contribution in [2.24, 2.45) is 7.05 Å². The summed E-state index contributed by atoms with van der Waals surface area (Å²) in [5.41, 5.74) is 2.29. The number of aromatic nitrogens is 4. The lowest BCUT2D eigenvalue weighted by molar-refractivity contribution is -0.114. The maximum atomic E-state index is 11.1. The second-order valence-corrected chi connectivity index (χ2v) is 6.03. The van der Waals surface area contributed by atoms with Crippen molar-refractivity contribution in [2.75, 3.05) is 5.32 Å². The van der Waals surface area contributed by atoms with Gasteiger partial charge in [-0.2, -0.15) is 10.1 Å². The smallest absolute Gasteiger partial charge is 0.234 e. The lowest BCUT2D eigenvalue weighted by atomic mass is 10.2. The number of ether oxygens (including phenoxy) is 1. The number of benzene rings is 2. The molecule has 0 aliphatic carbocycles. The van der Waals surface area contributed by atoms with Crippen LogP contribution in [-0.2, 0) is 11.8 Å². The van der Waals surface area contributed by atoms with Gasteiger partial charge in [0.1, 0.15) is 11.1 Å². The second kappa shape index (κ2) is 6.87. The van der Waals surface area contributed by atoms with Gasteiger partial charge in [-0.1, -0.05) is 30.3 Å². The quantitative estimate of drug-likeness (QED) is 0.600. The van der Waals surface area contributed by atoms with E-state index in [0.717, 1.165) is 10.9 Å². The normalized spacial score (nSPS) is 10.7. The summed E-state index contributed by atoms with van der Waals surface area (Å²) in [7, 11) is 1.83. The first-order valence-corrected chi connectivity index (χ1v) is 8.41. The second-order valence-electron chi connectivity index (χ2n) is 6.03. The Kier molecular flexibility index (Phi) is 4.25. The van der Waals surface area contributed by atoms with Crippen molar-refractivity contribution in [1.29, 1.82) is 0 Å². The number of rotatable bonds is 4. The number of anilines is 1. The van der Waals surface area contributed by atoms with E-state index in [9.17, 15) is 4.79 Å². The van der Waals surface area contributed by atoms with Gasteiger partial charge in [0.2, 0.25) is 11.8 Å². The molecule has 0 spiro atoms. The average Bonchev–Trinajstić information content (AvgIpc) is 3.05. The van der Waals surface area contributed by atoms with Crippen molar-refractivity contribution in [2.45, 2.75) is 6.92 Å². The molecule has 0 fully saturated rings. The van der Waals surface area contributed by atoms with Crippen LogP contribution in [0.25, 0.3) is 22.4 Å². The molecule has 0 bridgehead atoms. The van der Waals surface area contributed by atoms with Crippen molar-refractivity contribution in [3.8, 4) is 23.0 Å². The zero-order valence-corrected chi connectivity index (χ0v) is 14.9. The molecule has 2 heterocycles. The van der Waals surface area contributed by atoms with Crippen LogP contribution in [0.1, 0.15) is 6.92 Å². The molecule has 7 nitrogen and oxygen atoms in total. The van der Waals surface area contributed by atoms with Crippen molar-refractivity contribution in [3.63, 3.8) is 0 Å². The number of aryl methyl sites for hydroxylation is 1.